The maximum absolute atomic E-state index is 11.6. The number of ether oxygens (including phenoxy) is 1. The Balaban J connectivity index is 2.20. The zero-order valence-electron chi connectivity index (χ0n) is 9.48. The molecular formula is C13H17NO2. The maximum atomic E-state index is 11.6. The first-order chi connectivity index (χ1) is 7.72. The SMILES string of the molecule is COC(=O)c1ccccc1C(N)CC1CC1. The van der Waals surface area contributed by atoms with Gasteiger partial charge in [-0.05, 0) is 24.0 Å². The topological polar surface area (TPSA) is 52.3 Å². The Morgan fingerprint density at radius 2 is 2.19 bits per heavy atom. The van der Waals surface area contributed by atoms with Gasteiger partial charge in [0.25, 0.3) is 0 Å². The Morgan fingerprint density at radius 3 is 2.81 bits per heavy atom. The van der Waals surface area contributed by atoms with Crippen molar-refractivity contribution in [3.63, 3.8) is 0 Å². The van der Waals surface area contributed by atoms with Crippen LogP contribution in [0, 0.1) is 5.92 Å². The molecule has 1 aliphatic carbocycles. The molecule has 1 atom stereocenters. The molecule has 1 aliphatic rings. The third-order valence-corrected chi connectivity index (χ3v) is 3.05. The molecule has 16 heavy (non-hydrogen) atoms. The highest BCUT2D eigenvalue weighted by atomic mass is 16.5. The quantitative estimate of drug-likeness (QED) is 0.790. The summed E-state index contributed by atoms with van der Waals surface area (Å²) in [5, 5.41) is 0. The number of esters is 1. The summed E-state index contributed by atoms with van der Waals surface area (Å²) in [6, 6.07) is 7.38. The van der Waals surface area contributed by atoms with E-state index in [1.165, 1.54) is 20.0 Å². The highest BCUT2D eigenvalue weighted by Crippen LogP contribution is 2.37. The second-order valence-corrected chi connectivity index (χ2v) is 4.36. The van der Waals surface area contributed by atoms with Gasteiger partial charge < -0.3 is 10.5 Å². The molecular weight excluding hydrogens is 202 g/mol. The van der Waals surface area contributed by atoms with Crippen LogP contribution < -0.4 is 5.73 Å². The fourth-order valence-corrected chi connectivity index (χ4v) is 1.96. The van der Waals surface area contributed by atoms with Crippen molar-refractivity contribution in [2.24, 2.45) is 11.7 Å². The molecule has 2 N–H and O–H groups in total. The molecule has 0 saturated heterocycles. The van der Waals surface area contributed by atoms with Gasteiger partial charge in [0.1, 0.15) is 0 Å². The van der Waals surface area contributed by atoms with Crippen molar-refractivity contribution in [1.82, 2.24) is 0 Å². The van der Waals surface area contributed by atoms with Crippen LogP contribution in [0.15, 0.2) is 24.3 Å². The van der Waals surface area contributed by atoms with Gasteiger partial charge in [-0.1, -0.05) is 31.0 Å². The van der Waals surface area contributed by atoms with E-state index < -0.39 is 0 Å². The van der Waals surface area contributed by atoms with E-state index in [4.69, 9.17) is 10.5 Å². The Labute approximate surface area is 95.6 Å². The molecule has 0 amide bonds. The third-order valence-electron chi connectivity index (χ3n) is 3.05. The van der Waals surface area contributed by atoms with Gasteiger partial charge in [0.15, 0.2) is 0 Å². The fraction of sp³-hybridized carbons (Fsp3) is 0.462. The van der Waals surface area contributed by atoms with E-state index in [2.05, 4.69) is 0 Å². The zero-order valence-corrected chi connectivity index (χ0v) is 9.48. The first-order valence-corrected chi connectivity index (χ1v) is 5.65. The van der Waals surface area contributed by atoms with Gasteiger partial charge in [0.2, 0.25) is 0 Å². The highest BCUT2D eigenvalue weighted by Gasteiger charge is 2.26. The van der Waals surface area contributed by atoms with Crippen LogP contribution in [0.3, 0.4) is 0 Å². The summed E-state index contributed by atoms with van der Waals surface area (Å²) in [5.74, 6) is 0.447. The molecule has 86 valence electrons. The monoisotopic (exact) mass is 219 g/mol. The van der Waals surface area contributed by atoms with Gasteiger partial charge in [-0.2, -0.15) is 0 Å². The maximum Gasteiger partial charge on any atom is 0.338 e. The average molecular weight is 219 g/mol. The molecule has 3 nitrogen and oxygen atoms in total. The normalized spacial score (nSPS) is 16.9. The van der Waals surface area contributed by atoms with E-state index in [1.54, 1.807) is 6.07 Å². The largest absolute Gasteiger partial charge is 0.465 e. The lowest BCUT2D eigenvalue weighted by molar-refractivity contribution is 0.0598. The fourth-order valence-electron chi connectivity index (χ4n) is 1.96. The van der Waals surface area contributed by atoms with Gasteiger partial charge in [-0.25, -0.2) is 4.79 Å². The molecule has 3 heteroatoms. The molecule has 1 fully saturated rings. The summed E-state index contributed by atoms with van der Waals surface area (Å²) in [6.07, 6.45) is 3.51. The van der Waals surface area contributed by atoms with Gasteiger partial charge >= 0.3 is 5.97 Å². The van der Waals surface area contributed by atoms with Crippen molar-refractivity contribution in [2.45, 2.75) is 25.3 Å². The number of carbonyl (C=O) groups excluding carboxylic acids is 1. The van der Waals surface area contributed by atoms with Crippen LogP contribution in [-0.2, 0) is 4.74 Å². The van der Waals surface area contributed by atoms with Crippen LogP contribution >= 0.6 is 0 Å². The van der Waals surface area contributed by atoms with Crippen LogP contribution in [0.4, 0.5) is 0 Å². The second kappa shape index (κ2) is 4.66. The van der Waals surface area contributed by atoms with Crippen LogP contribution in [0.1, 0.15) is 41.2 Å². The zero-order chi connectivity index (χ0) is 11.5. The number of carbonyl (C=O) groups is 1. The van der Waals surface area contributed by atoms with Gasteiger partial charge in [-0.3, -0.25) is 0 Å². The average Bonchev–Trinajstić information content (AvgIpc) is 3.12. The number of hydrogen-bond acceptors (Lipinski definition) is 3. The molecule has 0 aliphatic heterocycles. The van der Waals surface area contributed by atoms with E-state index >= 15 is 0 Å². The number of rotatable bonds is 4. The predicted molar refractivity (Wildman–Crippen MR) is 62.1 cm³/mol. The van der Waals surface area contributed by atoms with Gasteiger partial charge in [-0.15, -0.1) is 0 Å². The number of nitrogens with two attached hydrogens (primary N) is 1. The molecule has 1 saturated carbocycles. The summed E-state index contributed by atoms with van der Waals surface area (Å²) in [5.41, 5.74) is 7.62. The minimum absolute atomic E-state index is 0.0530. The Kier molecular flexibility index (Phi) is 3.25. The van der Waals surface area contributed by atoms with Crippen molar-refractivity contribution in [2.75, 3.05) is 7.11 Å². The van der Waals surface area contributed by atoms with Crippen LogP contribution in [-0.4, -0.2) is 13.1 Å². The van der Waals surface area contributed by atoms with Crippen LogP contribution in [0.2, 0.25) is 0 Å². The molecule has 1 aromatic rings. The van der Waals surface area contributed by atoms with E-state index in [0.29, 0.717) is 5.56 Å². The number of methoxy groups -OCH3 is 1. The van der Waals surface area contributed by atoms with E-state index in [-0.39, 0.29) is 12.0 Å². The summed E-state index contributed by atoms with van der Waals surface area (Å²) >= 11 is 0. The molecule has 0 bridgehead atoms. The molecule has 0 aromatic heterocycles. The molecule has 0 heterocycles. The van der Waals surface area contributed by atoms with Crippen molar-refractivity contribution in [3.05, 3.63) is 35.4 Å². The standard InChI is InChI=1S/C13H17NO2/c1-16-13(15)11-5-3-2-4-10(11)12(14)8-9-6-7-9/h2-5,9,12H,6-8,14H2,1H3. The second-order valence-electron chi connectivity index (χ2n) is 4.36. The molecule has 0 spiro atoms. The van der Waals surface area contributed by atoms with Gasteiger partial charge in [0.05, 0.1) is 12.7 Å². The van der Waals surface area contributed by atoms with E-state index in [0.717, 1.165) is 17.9 Å². The number of benzene rings is 1. The summed E-state index contributed by atoms with van der Waals surface area (Å²) < 4.78 is 4.75. The van der Waals surface area contributed by atoms with E-state index in [9.17, 15) is 4.79 Å². The van der Waals surface area contributed by atoms with E-state index in [1.807, 2.05) is 18.2 Å². The summed E-state index contributed by atoms with van der Waals surface area (Å²) in [6.45, 7) is 0. The summed E-state index contributed by atoms with van der Waals surface area (Å²) in [7, 11) is 1.39. The molecule has 1 aromatic carbocycles. The van der Waals surface area contributed by atoms with Crippen molar-refractivity contribution >= 4 is 5.97 Å². The van der Waals surface area contributed by atoms with Crippen molar-refractivity contribution in [3.8, 4) is 0 Å². The highest BCUT2D eigenvalue weighted by molar-refractivity contribution is 5.91. The molecule has 1 unspecified atom stereocenters. The minimum atomic E-state index is -0.304. The third kappa shape index (κ3) is 2.42. The van der Waals surface area contributed by atoms with Crippen molar-refractivity contribution < 1.29 is 9.53 Å². The Hall–Kier alpha value is -1.35. The predicted octanol–water partition coefficient (Wildman–Crippen LogP) is 2.27. The first-order valence-electron chi connectivity index (χ1n) is 5.65. The smallest absolute Gasteiger partial charge is 0.338 e. The van der Waals surface area contributed by atoms with Crippen LogP contribution in [0.5, 0.6) is 0 Å². The molecule has 2 rings (SSSR count). The Bertz CT molecular complexity index is 385. The first kappa shape index (κ1) is 11.1. The molecule has 0 radical (unpaired) electrons. The number of hydrogen-bond donors (Lipinski definition) is 1. The summed E-state index contributed by atoms with van der Waals surface area (Å²) in [4.78, 5) is 11.6. The van der Waals surface area contributed by atoms with Crippen molar-refractivity contribution in [1.29, 1.82) is 0 Å². The lowest BCUT2D eigenvalue weighted by Crippen LogP contribution is -2.16. The van der Waals surface area contributed by atoms with Crippen LogP contribution in [0.25, 0.3) is 0 Å². The Morgan fingerprint density at radius 1 is 1.50 bits per heavy atom. The lowest BCUT2D eigenvalue weighted by Gasteiger charge is -2.14. The lowest BCUT2D eigenvalue weighted by atomic mass is 9.97. The minimum Gasteiger partial charge on any atom is -0.465 e. The van der Waals surface area contributed by atoms with Gasteiger partial charge in [0, 0.05) is 6.04 Å².